The molecule has 168 valence electrons. The SMILES string of the molecule is C[C@@H]1CN(Cc2ccc3c(N)ccnc3c2)C(=O)[C@H](C)N1S(=O)(=O)C=Cc1ccc(Cl)s1. The minimum absolute atomic E-state index is 0.236. The lowest BCUT2D eigenvalue weighted by Gasteiger charge is -2.42. The molecule has 0 spiro atoms. The van der Waals surface area contributed by atoms with Crippen molar-refractivity contribution in [3.05, 3.63) is 62.8 Å². The van der Waals surface area contributed by atoms with Gasteiger partial charge in [-0.15, -0.1) is 11.3 Å². The third-order valence-corrected chi connectivity index (χ3v) is 8.42. The monoisotopic (exact) mass is 490 g/mol. The van der Waals surface area contributed by atoms with Gasteiger partial charge in [0.15, 0.2) is 0 Å². The van der Waals surface area contributed by atoms with Gasteiger partial charge in [-0.2, -0.15) is 4.31 Å². The van der Waals surface area contributed by atoms with Crippen LogP contribution in [0.2, 0.25) is 4.34 Å². The van der Waals surface area contributed by atoms with Crippen LogP contribution in [0.3, 0.4) is 0 Å². The number of fused-ring (bicyclic) bond motifs is 1. The standard InChI is InChI=1S/C22H23ClN4O3S2/c1-14-12-26(13-16-3-5-18-19(24)7-9-25-20(18)11-16)22(28)15(2)27(14)32(29,30)10-8-17-4-6-21(23)31-17/h3-11,14-15H,12-13H2,1-2H3,(H2,24,25)/t14-,15+/m1/s1. The van der Waals surface area contributed by atoms with Crippen molar-refractivity contribution in [2.24, 2.45) is 0 Å². The van der Waals surface area contributed by atoms with Gasteiger partial charge >= 0.3 is 0 Å². The van der Waals surface area contributed by atoms with Gasteiger partial charge in [0.1, 0.15) is 6.04 Å². The molecular formula is C22H23ClN4O3S2. The molecule has 1 fully saturated rings. The molecule has 2 aromatic heterocycles. The lowest BCUT2D eigenvalue weighted by atomic mass is 10.1. The molecule has 0 radical (unpaired) electrons. The molecule has 1 amide bonds. The predicted octanol–water partition coefficient (Wildman–Crippen LogP) is 3.95. The fraction of sp³-hybridized carbons (Fsp3) is 0.273. The van der Waals surface area contributed by atoms with Crippen LogP contribution in [0, 0.1) is 0 Å². The molecule has 4 rings (SSSR count). The number of piperazine rings is 1. The minimum atomic E-state index is -3.79. The Morgan fingerprint density at radius 3 is 2.75 bits per heavy atom. The molecule has 32 heavy (non-hydrogen) atoms. The number of thiophene rings is 1. The van der Waals surface area contributed by atoms with Crippen molar-refractivity contribution in [1.29, 1.82) is 0 Å². The molecule has 1 aliphatic heterocycles. The Kier molecular flexibility index (Phi) is 6.26. The van der Waals surface area contributed by atoms with Crippen LogP contribution in [0.25, 0.3) is 17.0 Å². The van der Waals surface area contributed by atoms with Gasteiger partial charge < -0.3 is 10.6 Å². The molecule has 0 saturated carbocycles. The van der Waals surface area contributed by atoms with Gasteiger partial charge in [0.05, 0.1) is 9.85 Å². The zero-order chi connectivity index (χ0) is 23.0. The first kappa shape index (κ1) is 22.7. The van der Waals surface area contributed by atoms with E-state index in [0.29, 0.717) is 23.1 Å². The number of carbonyl (C=O) groups is 1. The van der Waals surface area contributed by atoms with E-state index in [1.807, 2.05) is 25.1 Å². The molecular weight excluding hydrogens is 468 g/mol. The highest BCUT2D eigenvalue weighted by Crippen LogP contribution is 2.27. The van der Waals surface area contributed by atoms with Gasteiger partial charge in [-0.3, -0.25) is 9.78 Å². The zero-order valence-electron chi connectivity index (χ0n) is 17.6. The summed E-state index contributed by atoms with van der Waals surface area (Å²) in [6, 6.07) is 9.74. The number of anilines is 1. The average Bonchev–Trinajstić information content (AvgIpc) is 3.16. The summed E-state index contributed by atoms with van der Waals surface area (Å²) in [6.45, 7) is 4.11. The Morgan fingerprint density at radius 2 is 2.03 bits per heavy atom. The number of amides is 1. The van der Waals surface area contributed by atoms with E-state index in [2.05, 4.69) is 4.98 Å². The Hall–Kier alpha value is -2.46. The van der Waals surface area contributed by atoms with Crippen molar-refractivity contribution in [3.8, 4) is 0 Å². The second-order valence-corrected chi connectivity index (χ2v) is 11.3. The molecule has 2 N–H and O–H groups in total. The number of nitrogen functional groups attached to an aromatic ring is 1. The number of hydrogen-bond acceptors (Lipinski definition) is 6. The topological polar surface area (TPSA) is 96.6 Å². The van der Waals surface area contributed by atoms with E-state index in [0.717, 1.165) is 26.8 Å². The molecule has 3 heterocycles. The van der Waals surface area contributed by atoms with Crippen LogP contribution in [0.4, 0.5) is 5.69 Å². The molecule has 1 saturated heterocycles. The van der Waals surface area contributed by atoms with Gasteiger partial charge in [0, 0.05) is 46.7 Å². The molecule has 1 aromatic carbocycles. The summed E-state index contributed by atoms with van der Waals surface area (Å²) in [6.07, 6.45) is 3.16. The Labute approximate surface area is 196 Å². The number of pyridine rings is 1. The van der Waals surface area contributed by atoms with Crippen molar-refractivity contribution in [2.75, 3.05) is 12.3 Å². The number of aromatic nitrogens is 1. The highest BCUT2D eigenvalue weighted by Gasteiger charge is 2.41. The normalized spacial score (nSPS) is 20.5. The maximum Gasteiger partial charge on any atom is 0.241 e. The minimum Gasteiger partial charge on any atom is -0.398 e. The highest BCUT2D eigenvalue weighted by atomic mass is 35.5. The number of carbonyl (C=O) groups excluding carboxylic acids is 1. The van der Waals surface area contributed by atoms with Crippen LogP contribution in [0.1, 0.15) is 24.3 Å². The van der Waals surface area contributed by atoms with E-state index < -0.39 is 16.1 Å². The number of nitrogens with zero attached hydrogens (tertiary/aromatic N) is 3. The van der Waals surface area contributed by atoms with Crippen LogP contribution in [-0.2, 0) is 21.4 Å². The third kappa shape index (κ3) is 4.52. The van der Waals surface area contributed by atoms with Crippen LogP contribution in [0.5, 0.6) is 0 Å². The maximum absolute atomic E-state index is 13.1. The summed E-state index contributed by atoms with van der Waals surface area (Å²) in [5.74, 6) is -0.236. The predicted molar refractivity (Wildman–Crippen MR) is 130 cm³/mol. The third-order valence-electron chi connectivity index (χ3n) is 5.48. The molecule has 0 unspecified atom stereocenters. The maximum atomic E-state index is 13.1. The molecule has 0 aliphatic carbocycles. The van der Waals surface area contributed by atoms with Crippen molar-refractivity contribution < 1.29 is 13.2 Å². The van der Waals surface area contributed by atoms with Gasteiger partial charge in [-0.05, 0) is 49.8 Å². The van der Waals surface area contributed by atoms with E-state index in [1.165, 1.54) is 21.7 Å². The number of nitrogens with two attached hydrogens (primary N) is 1. The fourth-order valence-electron chi connectivity index (χ4n) is 4.03. The highest BCUT2D eigenvalue weighted by molar-refractivity contribution is 7.92. The van der Waals surface area contributed by atoms with Gasteiger partial charge in [-0.25, -0.2) is 8.42 Å². The lowest BCUT2D eigenvalue weighted by molar-refractivity contribution is -0.140. The summed E-state index contributed by atoms with van der Waals surface area (Å²) in [5, 5.41) is 2.00. The van der Waals surface area contributed by atoms with Crippen molar-refractivity contribution in [2.45, 2.75) is 32.5 Å². The number of sulfonamides is 1. The Bertz CT molecular complexity index is 1310. The molecule has 3 aromatic rings. The van der Waals surface area contributed by atoms with Gasteiger partial charge in [0.2, 0.25) is 15.9 Å². The summed E-state index contributed by atoms with van der Waals surface area (Å²) < 4.78 is 27.9. The van der Waals surface area contributed by atoms with E-state index in [4.69, 9.17) is 17.3 Å². The largest absolute Gasteiger partial charge is 0.398 e. The van der Waals surface area contributed by atoms with Crippen LogP contribution >= 0.6 is 22.9 Å². The van der Waals surface area contributed by atoms with E-state index in [9.17, 15) is 13.2 Å². The van der Waals surface area contributed by atoms with Crippen LogP contribution in [0.15, 0.2) is 48.0 Å². The van der Waals surface area contributed by atoms with Crippen LogP contribution < -0.4 is 5.73 Å². The first-order valence-electron chi connectivity index (χ1n) is 10.0. The zero-order valence-corrected chi connectivity index (χ0v) is 20.0. The molecule has 1 aliphatic rings. The second-order valence-electron chi connectivity index (χ2n) is 7.81. The van der Waals surface area contributed by atoms with Crippen LogP contribution in [-0.4, -0.2) is 47.1 Å². The average molecular weight is 491 g/mol. The van der Waals surface area contributed by atoms with E-state index >= 15 is 0 Å². The fourth-order valence-corrected chi connectivity index (χ4v) is 6.64. The lowest BCUT2D eigenvalue weighted by Crippen LogP contribution is -2.60. The van der Waals surface area contributed by atoms with Gasteiger partial charge in [-0.1, -0.05) is 23.7 Å². The first-order chi connectivity index (χ1) is 15.2. The van der Waals surface area contributed by atoms with Crippen molar-refractivity contribution in [3.63, 3.8) is 0 Å². The molecule has 2 atom stereocenters. The smallest absolute Gasteiger partial charge is 0.241 e. The summed E-state index contributed by atoms with van der Waals surface area (Å²) in [5.41, 5.74) is 8.31. The molecule has 10 heteroatoms. The number of halogens is 1. The Balaban J connectivity index is 1.52. The second kappa shape index (κ2) is 8.82. The van der Waals surface area contributed by atoms with Gasteiger partial charge in [0.25, 0.3) is 0 Å². The summed E-state index contributed by atoms with van der Waals surface area (Å²) >= 11 is 7.20. The van der Waals surface area contributed by atoms with E-state index in [1.54, 1.807) is 36.2 Å². The van der Waals surface area contributed by atoms with Crippen molar-refractivity contribution in [1.82, 2.24) is 14.2 Å². The number of hydrogen-bond donors (Lipinski definition) is 1. The number of rotatable bonds is 5. The summed E-state index contributed by atoms with van der Waals surface area (Å²) in [4.78, 5) is 19.8. The first-order valence-corrected chi connectivity index (χ1v) is 12.7. The van der Waals surface area contributed by atoms with E-state index in [-0.39, 0.29) is 11.9 Å². The Morgan fingerprint density at radius 1 is 1.25 bits per heavy atom. The quantitative estimate of drug-likeness (QED) is 0.584. The molecule has 7 nitrogen and oxygen atoms in total. The van der Waals surface area contributed by atoms with Crippen molar-refractivity contribution >= 4 is 61.5 Å². The number of benzene rings is 1. The molecule has 0 bridgehead atoms. The summed E-state index contributed by atoms with van der Waals surface area (Å²) in [7, 11) is -3.79.